The van der Waals surface area contributed by atoms with E-state index in [9.17, 15) is 9.59 Å². The molecule has 0 unspecified atom stereocenters. The van der Waals surface area contributed by atoms with Crippen molar-refractivity contribution in [2.45, 2.75) is 18.9 Å². The van der Waals surface area contributed by atoms with Crippen LogP contribution in [0.25, 0.3) is 15.7 Å². The molecule has 1 atom stereocenters. The van der Waals surface area contributed by atoms with E-state index in [0.717, 1.165) is 16.6 Å². The van der Waals surface area contributed by atoms with Gasteiger partial charge in [0.2, 0.25) is 11.9 Å². The van der Waals surface area contributed by atoms with Gasteiger partial charge in [-0.1, -0.05) is 23.5 Å². The van der Waals surface area contributed by atoms with Gasteiger partial charge in [-0.05, 0) is 37.1 Å². The number of hydrogen-bond acceptors (Lipinski definition) is 9. The summed E-state index contributed by atoms with van der Waals surface area (Å²) in [6, 6.07) is 12.5. The molecule has 0 aliphatic carbocycles. The first-order valence-corrected chi connectivity index (χ1v) is 11.8. The Morgan fingerprint density at radius 2 is 2.06 bits per heavy atom. The molecule has 6 rings (SSSR count). The lowest BCUT2D eigenvalue weighted by atomic mass is 10.2. The van der Waals surface area contributed by atoms with Gasteiger partial charge in [0.05, 0.1) is 10.2 Å². The van der Waals surface area contributed by atoms with Gasteiger partial charge in [0.25, 0.3) is 5.91 Å². The molecule has 0 spiro atoms. The van der Waals surface area contributed by atoms with E-state index in [2.05, 4.69) is 30.9 Å². The molecule has 0 radical (unpaired) electrons. The van der Waals surface area contributed by atoms with E-state index < -0.39 is 11.9 Å². The normalized spacial score (nSPS) is 15.7. The fraction of sp³-hybridized carbons (Fsp3) is 0.182. The summed E-state index contributed by atoms with van der Waals surface area (Å²) >= 11 is 1.44. The van der Waals surface area contributed by atoms with Crippen molar-refractivity contribution in [3.8, 4) is 0 Å². The number of nitrogens with one attached hydrogen (secondary N) is 3. The number of thiazole rings is 1. The van der Waals surface area contributed by atoms with Crippen LogP contribution in [-0.4, -0.2) is 54.2 Å². The number of carbonyl (C=O) groups excluding carboxylic acids is 2. The molecule has 2 amide bonds. The van der Waals surface area contributed by atoms with Crippen LogP contribution in [0.15, 0.2) is 48.7 Å². The summed E-state index contributed by atoms with van der Waals surface area (Å²) in [7, 11) is 0. The molecular weight excluding hydrogens is 468 g/mol. The van der Waals surface area contributed by atoms with E-state index >= 15 is 0 Å². The van der Waals surface area contributed by atoms with Crippen LogP contribution in [0.3, 0.4) is 0 Å². The minimum atomic E-state index is -0.610. The number of H-pyrrole nitrogens is 1. The average molecular weight is 489 g/mol. The van der Waals surface area contributed by atoms with Gasteiger partial charge >= 0.3 is 0 Å². The number of nitrogens with zero attached hydrogens (tertiary/aromatic N) is 6. The maximum Gasteiger partial charge on any atom is 0.266 e. The number of primary amides is 1. The Kier molecular flexibility index (Phi) is 5.03. The molecular formula is C22H20N10O2S. The quantitative estimate of drug-likeness (QED) is 0.284. The summed E-state index contributed by atoms with van der Waals surface area (Å²) in [6.45, 7) is 0.637. The highest BCUT2D eigenvalue weighted by atomic mass is 32.1. The van der Waals surface area contributed by atoms with Gasteiger partial charge in [-0.25, -0.2) is 9.50 Å². The molecule has 35 heavy (non-hydrogen) atoms. The maximum absolute atomic E-state index is 13.2. The Morgan fingerprint density at radius 1 is 1.17 bits per heavy atom. The molecule has 0 bridgehead atoms. The van der Waals surface area contributed by atoms with Crippen LogP contribution >= 0.6 is 11.3 Å². The Labute approximate surface area is 202 Å². The van der Waals surface area contributed by atoms with Gasteiger partial charge in [0.15, 0.2) is 16.8 Å². The smallest absolute Gasteiger partial charge is 0.266 e. The number of aromatic nitrogens is 6. The minimum absolute atomic E-state index is 0.148. The fourth-order valence-electron chi connectivity index (χ4n) is 4.16. The van der Waals surface area contributed by atoms with Gasteiger partial charge in [-0.2, -0.15) is 10.1 Å². The topological polar surface area (TPSA) is 159 Å². The van der Waals surface area contributed by atoms with Crippen LogP contribution in [0.2, 0.25) is 0 Å². The van der Waals surface area contributed by atoms with Crippen LogP contribution in [0, 0.1) is 0 Å². The van der Waals surface area contributed by atoms with Crippen molar-refractivity contribution in [3.63, 3.8) is 0 Å². The number of amides is 2. The van der Waals surface area contributed by atoms with Crippen LogP contribution in [-0.2, 0) is 4.79 Å². The van der Waals surface area contributed by atoms with E-state index in [4.69, 9.17) is 10.7 Å². The lowest BCUT2D eigenvalue weighted by Gasteiger charge is -2.24. The summed E-state index contributed by atoms with van der Waals surface area (Å²) in [4.78, 5) is 35.7. The van der Waals surface area contributed by atoms with E-state index in [-0.39, 0.29) is 11.6 Å². The summed E-state index contributed by atoms with van der Waals surface area (Å²) in [5.41, 5.74) is 7.05. The van der Waals surface area contributed by atoms with E-state index in [1.54, 1.807) is 10.7 Å². The highest BCUT2D eigenvalue weighted by Crippen LogP contribution is 2.29. The van der Waals surface area contributed by atoms with E-state index in [0.29, 0.717) is 41.2 Å². The second-order valence-corrected chi connectivity index (χ2v) is 9.11. The van der Waals surface area contributed by atoms with Crippen molar-refractivity contribution in [2.24, 2.45) is 5.73 Å². The fourth-order valence-corrected chi connectivity index (χ4v) is 5.03. The van der Waals surface area contributed by atoms with Crippen molar-refractivity contribution >= 4 is 61.6 Å². The zero-order valence-corrected chi connectivity index (χ0v) is 19.1. The van der Waals surface area contributed by atoms with Crippen molar-refractivity contribution in [3.05, 3.63) is 54.4 Å². The second-order valence-electron chi connectivity index (χ2n) is 8.08. The van der Waals surface area contributed by atoms with Crippen LogP contribution in [0.5, 0.6) is 0 Å². The molecule has 5 N–H and O–H groups in total. The third-order valence-electron chi connectivity index (χ3n) is 5.81. The van der Waals surface area contributed by atoms with Gasteiger partial charge in [-0.3, -0.25) is 14.7 Å². The van der Waals surface area contributed by atoms with Gasteiger partial charge in [-0.15, -0.1) is 5.10 Å². The SMILES string of the molecule is NC(=O)c1cc(Nc2nc(N3CCC[C@H]3C(=O)Nc3nc4ccccc4s3)nn3cccc23)n[nH]1. The van der Waals surface area contributed by atoms with Crippen molar-refractivity contribution in [1.82, 2.24) is 29.8 Å². The third-order valence-corrected chi connectivity index (χ3v) is 6.76. The monoisotopic (exact) mass is 488 g/mol. The van der Waals surface area contributed by atoms with Crippen molar-refractivity contribution < 1.29 is 9.59 Å². The second kappa shape index (κ2) is 8.36. The highest BCUT2D eigenvalue weighted by Gasteiger charge is 2.33. The number of aromatic amines is 1. The summed E-state index contributed by atoms with van der Waals surface area (Å²) in [5, 5.41) is 17.9. The maximum atomic E-state index is 13.2. The molecule has 1 aliphatic heterocycles. The van der Waals surface area contributed by atoms with Gasteiger partial charge < -0.3 is 21.3 Å². The molecule has 1 aliphatic rings. The number of nitrogens with two attached hydrogens (primary N) is 1. The summed E-state index contributed by atoms with van der Waals surface area (Å²) in [5.74, 6) is 0.521. The number of para-hydroxylation sites is 1. The Morgan fingerprint density at radius 3 is 2.89 bits per heavy atom. The Balaban J connectivity index is 1.28. The average Bonchev–Trinajstić information content (AvgIpc) is 3.64. The van der Waals surface area contributed by atoms with Crippen LogP contribution in [0.4, 0.5) is 22.7 Å². The largest absolute Gasteiger partial charge is 0.364 e. The predicted octanol–water partition coefficient (Wildman–Crippen LogP) is 2.51. The molecule has 1 aromatic carbocycles. The number of rotatable bonds is 6. The molecule has 12 nitrogen and oxygen atoms in total. The number of benzene rings is 1. The first kappa shape index (κ1) is 21.0. The molecule has 1 fully saturated rings. The van der Waals surface area contributed by atoms with Crippen LogP contribution < -0.4 is 21.3 Å². The standard InChI is InChI=1S/C22H20N10O2S/c23-18(33)13-11-17(29-28-13)25-19-14-6-4-10-32(14)30-21(26-19)31-9-3-7-15(31)20(34)27-22-24-12-5-1-2-8-16(12)35-22/h1-2,4-6,8,10-11,15H,3,7,9H2,(H2,23,33)(H,24,27,34)(H2,25,26,28,29,30)/t15-/m0/s1. The molecule has 4 aromatic heterocycles. The predicted molar refractivity (Wildman–Crippen MR) is 132 cm³/mol. The van der Waals surface area contributed by atoms with Gasteiger partial charge in [0, 0.05) is 18.8 Å². The first-order chi connectivity index (χ1) is 17.0. The highest BCUT2D eigenvalue weighted by molar-refractivity contribution is 7.22. The molecule has 1 saturated heterocycles. The lowest BCUT2D eigenvalue weighted by Crippen LogP contribution is -2.40. The molecule has 0 saturated carbocycles. The minimum Gasteiger partial charge on any atom is -0.364 e. The summed E-state index contributed by atoms with van der Waals surface area (Å²) < 4.78 is 2.70. The number of carbonyl (C=O) groups is 2. The lowest BCUT2D eigenvalue weighted by molar-refractivity contribution is -0.117. The van der Waals surface area contributed by atoms with E-state index in [1.165, 1.54) is 17.4 Å². The summed E-state index contributed by atoms with van der Waals surface area (Å²) in [6.07, 6.45) is 3.31. The number of anilines is 4. The zero-order valence-electron chi connectivity index (χ0n) is 18.3. The van der Waals surface area contributed by atoms with Gasteiger partial charge in [0.1, 0.15) is 17.3 Å². The molecule has 5 aromatic rings. The molecule has 5 heterocycles. The Hall–Kier alpha value is -4.52. The van der Waals surface area contributed by atoms with Crippen molar-refractivity contribution in [1.29, 1.82) is 0 Å². The van der Waals surface area contributed by atoms with Crippen LogP contribution in [0.1, 0.15) is 23.3 Å². The number of hydrogen-bond donors (Lipinski definition) is 4. The third kappa shape index (κ3) is 3.91. The van der Waals surface area contributed by atoms with E-state index in [1.807, 2.05) is 41.3 Å². The zero-order chi connectivity index (χ0) is 23.9. The Bertz CT molecular complexity index is 1540. The molecule has 13 heteroatoms. The number of fused-ring (bicyclic) bond motifs is 2. The first-order valence-electron chi connectivity index (χ1n) is 11.0. The van der Waals surface area contributed by atoms with Crippen molar-refractivity contribution in [2.75, 3.05) is 22.1 Å². The molecule has 176 valence electrons.